The van der Waals surface area contributed by atoms with E-state index in [9.17, 15) is 18.0 Å². The number of benzene rings is 1. The van der Waals surface area contributed by atoms with Crippen LogP contribution in [0.5, 0.6) is 0 Å². The lowest BCUT2D eigenvalue weighted by Gasteiger charge is -2.15. The van der Waals surface area contributed by atoms with Gasteiger partial charge in [0, 0.05) is 6.04 Å². The summed E-state index contributed by atoms with van der Waals surface area (Å²) < 4.78 is 38.3. The van der Waals surface area contributed by atoms with Gasteiger partial charge in [-0.3, -0.25) is 4.79 Å². The molecule has 3 nitrogen and oxygen atoms in total. The van der Waals surface area contributed by atoms with Gasteiger partial charge < -0.3 is 10.6 Å². The Labute approximate surface area is 113 Å². The quantitative estimate of drug-likeness (QED) is 0.895. The highest BCUT2D eigenvalue weighted by Crippen LogP contribution is 2.38. The molecule has 0 bridgehead atoms. The number of anilines is 1. The van der Waals surface area contributed by atoms with Gasteiger partial charge in [-0.15, -0.1) is 0 Å². The molecule has 7 heteroatoms. The third kappa shape index (κ3) is 3.84. The van der Waals surface area contributed by atoms with Crippen LogP contribution in [0, 0.1) is 0 Å². The number of carbonyl (C=O) groups excluding carboxylic acids is 1. The fraction of sp³-hybridized carbons (Fsp3) is 0.417. The van der Waals surface area contributed by atoms with Gasteiger partial charge >= 0.3 is 6.18 Å². The molecule has 1 aliphatic rings. The number of amides is 1. The number of hydrogen-bond acceptors (Lipinski definition) is 2. The molecule has 0 heterocycles. The Morgan fingerprint density at radius 2 is 2.05 bits per heavy atom. The summed E-state index contributed by atoms with van der Waals surface area (Å²) in [6.45, 7) is -0.0206. The van der Waals surface area contributed by atoms with Crippen LogP contribution in [-0.2, 0) is 11.0 Å². The van der Waals surface area contributed by atoms with Crippen LogP contribution < -0.4 is 10.6 Å². The fourth-order valence-corrected chi connectivity index (χ4v) is 1.82. The average molecular weight is 293 g/mol. The van der Waals surface area contributed by atoms with Crippen molar-refractivity contribution in [1.82, 2.24) is 5.32 Å². The molecule has 0 aliphatic heterocycles. The molecule has 1 saturated carbocycles. The second-order valence-corrected chi connectivity index (χ2v) is 4.77. The molecule has 0 unspecified atom stereocenters. The Morgan fingerprint density at radius 1 is 1.37 bits per heavy atom. The van der Waals surface area contributed by atoms with Crippen molar-refractivity contribution >= 4 is 23.2 Å². The Hall–Kier alpha value is -1.27. The van der Waals surface area contributed by atoms with Crippen molar-refractivity contribution in [1.29, 1.82) is 0 Å². The highest BCUT2D eigenvalue weighted by atomic mass is 35.5. The summed E-state index contributed by atoms with van der Waals surface area (Å²) in [5.74, 6) is -0.537. The SMILES string of the molecule is O=C(CNC1CC1)Nc1c(Cl)cccc1C(F)(F)F. The standard InChI is InChI=1S/C12H12ClF3N2O/c13-9-3-1-2-8(12(14,15)16)11(9)18-10(19)6-17-7-4-5-7/h1-3,7,17H,4-6H2,(H,18,19). The van der Waals surface area contributed by atoms with Crippen LogP contribution in [0.1, 0.15) is 18.4 Å². The minimum absolute atomic E-state index is 0.0206. The average Bonchev–Trinajstić information content (AvgIpc) is 3.11. The molecule has 0 atom stereocenters. The first kappa shape index (κ1) is 14.1. The fourth-order valence-electron chi connectivity index (χ4n) is 1.60. The van der Waals surface area contributed by atoms with Gasteiger partial charge in [0.2, 0.25) is 5.91 Å². The smallest absolute Gasteiger partial charge is 0.323 e. The maximum Gasteiger partial charge on any atom is 0.418 e. The summed E-state index contributed by atoms with van der Waals surface area (Å²) in [7, 11) is 0. The lowest BCUT2D eigenvalue weighted by Crippen LogP contribution is -2.30. The van der Waals surface area contributed by atoms with Gasteiger partial charge in [0.25, 0.3) is 0 Å². The molecule has 0 aromatic heterocycles. The lowest BCUT2D eigenvalue weighted by atomic mass is 10.1. The van der Waals surface area contributed by atoms with Gasteiger partial charge in [-0.2, -0.15) is 13.2 Å². The summed E-state index contributed by atoms with van der Waals surface area (Å²) in [4.78, 5) is 11.6. The molecular weight excluding hydrogens is 281 g/mol. The van der Waals surface area contributed by atoms with E-state index in [1.807, 2.05) is 0 Å². The zero-order valence-electron chi connectivity index (χ0n) is 9.85. The number of para-hydroxylation sites is 1. The van der Waals surface area contributed by atoms with E-state index in [1.54, 1.807) is 0 Å². The van der Waals surface area contributed by atoms with Crippen molar-refractivity contribution in [3.05, 3.63) is 28.8 Å². The Kier molecular flexibility index (Phi) is 4.01. The normalized spacial score (nSPS) is 15.4. The number of hydrogen-bond donors (Lipinski definition) is 2. The monoisotopic (exact) mass is 292 g/mol. The number of rotatable bonds is 4. The summed E-state index contributed by atoms with van der Waals surface area (Å²) in [6.07, 6.45) is -2.57. The second-order valence-electron chi connectivity index (χ2n) is 4.36. The van der Waals surface area contributed by atoms with E-state index in [2.05, 4.69) is 10.6 Å². The van der Waals surface area contributed by atoms with E-state index in [4.69, 9.17) is 11.6 Å². The van der Waals surface area contributed by atoms with E-state index in [1.165, 1.54) is 12.1 Å². The van der Waals surface area contributed by atoms with Crippen molar-refractivity contribution in [2.75, 3.05) is 11.9 Å². The van der Waals surface area contributed by atoms with E-state index in [-0.39, 0.29) is 17.3 Å². The van der Waals surface area contributed by atoms with Gasteiger partial charge in [0.05, 0.1) is 22.8 Å². The van der Waals surface area contributed by atoms with Gasteiger partial charge in [0.15, 0.2) is 0 Å². The molecule has 19 heavy (non-hydrogen) atoms. The number of carbonyl (C=O) groups is 1. The largest absolute Gasteiger partial charge is 0.418 e. The molecule has 104 valence electrons. The summed E-state index contributed by atoms with van der Waals surface area (Å²) in [5, 5.41) is 5.00. The van der Waals surface area contributed by atoms with Gasteiger partial charge in [0.1, 0.15) is 0 Å². The predicted octanol–water partition coefficient (Wildman–Crippen LogP) is 3.05. The number of alkyl halides is 3. The molecule has 1 fully saturated rings. The molecule has 1 aliphatic carbocycles. The molecule has 0 radical (unpaired) electrons. The molecule has 1 aromatic carbocycles. The third-order valence-electron chi connectivity index (χ3n) is 2.71. The van der Waals surface area contributed by atoms with Crippen LogP contribution in [0.15, 0.2) is 18.2 Å². The first-order valence-electron chi connectivity index (χ1n) is 5.77. The molecular formula is C12H12ClF3N2O. The summed E-state index contributed by atoms with van der Waals surface area (Å²) in [5.41, 5.74) is -1.33. The Balaban J connectivity index is 2.11. The van der Waals surface area contributed by atoms with Crippen LogP contribution in [-0.4, -0.2) is 18.5 Å². The highest BCUT2D eigenvalue weighted by Gasteiger charge is 2.34. The van der Waals surface area contributed by atoms with Crippen LogP contribution in [0.4, 0.5) is 18.9 Å². The Morgan fingerprint density at radius 3 is 2.63 bits per heavy atom. The lowest BCUT2D eigenvalue weighted by molar-refractivity contribution is -0.137. The van der Waals surface area contributed by atoms with Crippen LogP contribution in [0.3, 0.4) is 0 Å². The molecule has 1 aromatic rings. The molecule has 0 saturated heterocycles. The second kappa shape index (κ2) is 5.38. The number of nitrogens with one attached hydrogen (secondary N) is 2. The van der Waals surface area contributed by atoms with E-state index < -0.39 is 17.6 Å². The van der Waals surface area contributed by atoms with Crippen LogP contribution >= 0.6 is 11.6 Å². The molecule has 0 spiro atoms. The van der Waals surface area contributed by atoms with Crippen LogP contribution in [0.2, 0.25) is 5.02 Å². The minimum atomic E-state index is -4.56. The zero-order valence-corrected chi connectivity index (χ0v) is 10.6. The zero-order chi connectivity index (χ0) is 14.0. The maximum absolute atomic E-state index is 12.8. The van der Waals surface area contributed by atoms with Crippen LogP contribution in [0.25, 0.3) is 0 Å². The Bertz CT molecular complexity index is 486. The van der Waals surface area contributed by atoms with Crippen molar-refractivity contribution in [3.8, 4) is 0 Å². The van der Waals surface area contributed by atoms with Crippen molar-refractivity contribution in [2.24, 2.45) is 0 Å². The van der Waals surface area contributed by atoms with E-state index in [0.717, 1.165) is 18.9 Å². The molecule has 2 N–H and O–H groups in total. The summed E-state index contributed by atoms with van der Waals surface area (Å²) >= 11 is 5.72. The first-order chi connectivity index (χ1) is 8.88. The van der Waals surface area contributed by atoms with Crippen molar-refractivity contribution in [2.45, 2.75) is 25.1 Å². The predicted molar refractivity (Wildman–Crippen MR) is 66.1 cm³/mol. The minimum Gasteiger partial charge on any atom is -0.323 e. The molecule has 1 amide bonds. The number of halogens is 4. The maximum atomic E-state index is 12.8. The van der Waals surface area contributed by atoms with Gasteiger partial charge in [-0.1, -0.05) is 17.7 Å². The summed E-state index contributed by atoms with van der Waals surface area (Å²) in [6, 6.07) is 3.69. The first-order valence-corrected chi connectivity index (χ1v) is 6.14. The van der Waals surface area contributed by atoms with Crippen molar-refractivity contribution in [3.63, 3.8) is 0 Å². The van der Waals surface area contributed by atoms with Gasteiger partial charge in [-0.05, 0) is 25.0 Å². The topological polar surface area (TPSA) is 41.1 Å². The molecule has 2 rings (SSSR count). The van der Waals surface area contributed by atoms with E-state index >= 15 is 0 Å². The third-order valence-corrected chi connectivity index (χ3v) is 3.03. The highest BCUT2D eigenvalue weighted by molar-refractivity contribution is 6.34. The van der Waals surface area contributed by atoms with Crippen molar-refractivity contribution < 1.29 is 18.0 Å². The van der Waals surface area contributed by atoms with E-state index in [0.29, 0.717) is 6.04 Å². The van der Waals surface area contributed by atoms with Gasteiger partial charge in [-0.25, -0.2) is 0 Å².